The SMILES string of the molecule is CCC(C)C(N)C(=O)NCC(=O)NC(C(=O)NC(C)C(=O)O)C(C)O. The fourth-order valence-electron chi connectivity index (χ4n) is 1.79. The van der Waals surface area contributed by atoms with Crippen LogP contribution in [0.25, 0.3) is 0 Å². The number of nitrogens with one attached hydrogen (secondary N) is 3. The third-order valence-electron chi connectivity index (χ3n) is 3.79. The molecule has 25 heavy (non-hydrogen) atoms. The molecule has 0 rings (SSSR count). The van der Waals surface area contributed by atoms with Gasteiger partial charge in [0, 0.05) is 0 Å². The van der Waals surface area contributed by atoms with E-state index in [0.717, 1.165) is 0 Å². The smallest absolute Gasteiger partial charge is 0.325 e. The van der Waals surface area contributed by atoms with Gasteiger partial charge >= 0.3 is 5.97 Å². The van der Waals surface area contributed by atoms with Crippen LogP contribution in [-0.4, -0.2) is 64.7 Å². The van der Waals surface area contributed by atoms with Crippen LogP contribution in [0.2, 0.25) is 0 Å². The summed E-state index contributed by atoms with van der Waals surface area (Å²) >= 11 is 0. The Bertz CT molecular complexity index is 496. The molecule has 0 aliphatic heterocycles. The molecule has 0 aromatic rings. The number of carbonyl (C=O) groups is 4. The minimum Gasteiger partial charge on any atom is -0.480 e. The van der Waals surface area contributed by atoms with Gasteiger partial charge in [-0.15, -0.1) is 0 Å². The highest BCUT2D eigenvalue weighted by Gasteiger charge is 2.28. The van der Waals surface area contributed by atoms with Gasteiger partial charge in [-0.1, -0.05) is 20.3 Å². The third kappa shape index (κ3) is 7.94. The van der Waals surface area contributed by atoms with Crippen molar-refractivity contribution in [2.24, 2.45) is 11.7 Å². The van der Waals surface area contributed by atoms with Crippen LogP contribution in [0, 0.1) is 5.92 Å². The van der Waals surface area contributed by atoms with Crippen molar-refractivity contribution < 1.29 is 29.4 Å². The number of hydrogen-bond acceptors (Lipinski definition) is 6. The highest BCUT2D eigenvalue weighted by Crippen LogP contribution is 2.04. The molecule has 0 fully saturated rings. The van der Waals surface area contributed by atoms with Crippen LogP contribution < -0.4 is 21.7 Å². The molecule has 3 amide bonds. The number of amides is 3. The van der Waals surface area contributed by atoms with Crippen LogP contribution in [0.15, 0.2) is 0 Å². The van der Waals surface area contributed by atoms with E-state index in [1.165, 1.54) is 13.8 Å². The van der Waals surface area contributed by atoms with E-state index in [1.807, 2.05) is 13.8 Å². The summed E-state index contributed by atoms with van der Waals surface area (Å²) in [4.78, 5) is 46.4. The van der Waals surface area contributed by atoms with E-state index in [2.05, 4.69) is 16.0 Å². The highest BCUT2D eigenvalue weighted by atomic mass is 16.4. The summed E-state index contributed by atoms with van der Waals surface area (Å²) < 4.78 is 0. The van der Waals surface area contributed by atoms with Crippen LogP contribution in [0.4, 0.5) is 0 Å². The maximum Gasteiger partial charge on any atom is 0.325 e. The number of aliphatic carboxylic acids is 1. The van der Waals surface area contributed by atoms with Crippen LogP contribution in [0.1, 0.15) is 34.1 Å². The van der Waals surface area contributed by atoms with Gasteiger partial charge in [-0.05, 0) is 19.8 Å². The van der Waals surface area contributed by atoms with Crippen LogP contribution >= 0.6 is 0 Å². The molecule has 0 saturated heterocycles. The Labute approximate surface area is 146 Å². The van der Waals surface area contributed by atoms with Gasteiger partial charge in [0.2, 0.25) is 17.7 Å². The molecule has 0 bridgehead atoms. The molecule has 5 unspecified atom stereocenters. The first-order valence-electron chi connectivity index (χ1n) is 8.05. The minimum absolute atomic E-state index is 0.0587. The molecule has 144 valence electrons. The topological polar surface area (TPSA) is 171 Å². The molecule has 0 radical (unpaired) electrons. The monoisotopic (exact) mass is 360 g/mol. The predicted octanol–water partition coefficient (Wildman–Crippen LogP) is -2.07. The lowest BCUT2D eigenvalue weighted by Crippen LogP contribution is -2.57. The Morgan fingerprint density at radius 1 is 1.04 bits per heavy atom. The zero-order chi connectivity index (χ0) is 19.7. The highest BCUT2D eigenvalue weighted by molar-refractivity contribution is 5.92. The number of carbonyl (C=O) groups excluding carboxylic acids is 3. The van der Waals surface area contributed by atoms with E-state index in [-0.39, 0.29) is 5.92 Å². The predicted molar refractivity (Wildman–Crippen MR) is 89.3 cm³/mol. The van der Waals surface area contributed by atoms with E-state index < -0.39 is 54.5 Å². The lowest BCUT2D eigenvalue weighted by atomic mass is 9.99. The lowest BCUT2D eigenvalue weighted by molar-refractivity contribution is -0.142. The van der Waals surface area contributed by atoms with Gasteiger partial charge in [0.05, 0.1) is 18.7 Å². The maximum absolute atomic E-state index is 12.0. The number of nitrogens with two attached hydrogens (primary N) is 1. The molecule has 5 atom stereocenters. The standard InChI is InChI=1S/C15H28N4O6/c1-5-7(2)11(16)13(22)17-6-10(21)19-12(9(4)20)14(23)18-8(3)15(24)25/h7-9,11-12,20H,5-6,16H2,1-4H3,(H,17,22)(H,18,23)(H,19,21)(H,24,25). The molecule has 0 heterocycles. The molecule has 0 aromatic carbocycles. The summed E-state index contributed by atoms with van der Waals surface area (Å²) in [5, 5.41) is 25.2. The van der Waals surface area contributed by atoms with Gasteiger partial charge in [0.1, 0.15) is 12.1 Å². The molecule has 0 aliphatic rings. The van der Waals surface area contributed by atoms with Gasteiger partial charge in [-0.3, -0.25) is 19.2 Å². The Hall–Kier alpha value is -2.20. The molecule has 0 aliphatic carbocycles. The second-order valence-corrected chi connectivity index (χ2v) is 5.98. The molecule has 0 saturated carbocycles. The van der Waals surface area contributed by atoms with Gasteiger partial charge in [0.25, 0.3) is 0 Å². The largest absolute Gasteiger partial charge is 0.480 e. The van der Waals surface area contributed by atoms with E-state index >= 15 is 0 Å². The Morgan fingerprint density at radius 2 is 1.60 bits per heavy atom. The summed E-state index contributed by atoms with van der Waals surface area (Å²) in [6.45, 7) is 5.79. The van der Waals surface area contributed by atoms with Gasteiger partial charge < -0.3 is 31.9 Å². The summed E-state index contributed by atoms with van der Waals surface area (Å²) in [7, 11) is 0. The Kier molecular flexibility index (Phi) is 9.69. The third-order valence-corrected chi connectivity index (χ3v) is 3.79. The summed E-state index contributed by atoms with van der Waals surface area (Å²) in [6, 6.07) is -3.29. The minimum atomic E-state index is -1.35. The number of hydrogen-bond donors (Lipinski definition) is 6. The van der Waals surface area contributed by atoms with Crippen LogP contribution in [0.3, 0.4) is 0 Å². The van der Waals surface area contributed by atoms with Crippen molar-refractivity contribution in [3.8, 4) is 0 Å². The zero-order valence-electron chi connectivity index (χ0n) is 14.9. The number of rotatable bonds is 10. The van der Waals surface area contributed by atoms with E-state index in [9.17, 15) is 24.3 Å². The van der Waals surface area contributed by atoms with Gasteiger partial charge in [-0.2, -0.15) is 0 Å². The van der Waals surface area contributed by atoms with E-state index in [0.29, 0.717) is 6.42 Å². The van der Waals surface area contributed by atoms with E-state index in [4.69, 9.17) is 10.8 Å². The van der Waals surface area contributed by atoms with Crippen molar-refractivity contribution in [2.75, 3.05) is 6.54 Å². The molecule has 7 N–H and O–H groups in total. The first-order chi connectivity index (χ1) is 11.5. The zero-order valence-corrected chi connectivity index (χ0v) is 14.9. The number of aliphatic hydroxyl groups is 1. The summed E-state index contributed by atoms with van der Waals surface area (Å²) in [5.74, 6) is -3.37. The van der Waals surface area contributed by atoms with Crippen molar-refractivity contribution in [3.63, 3.8) is 0 Å². The normalized spacial score (nSPS) is 16.7. The second-order valence-electron chi connectivity index (χ2n) is 5.98. The molecular formula is C15H28N4O6. The van der Waals surface area contributed by atoms with Crippen molar-refractivity contribution in [2.45, 2.75) is 58.3 Å². The molecule has 0 aromatic heterocycles. The van der Waals surface area contributed by atoms with Crippen molar-refractivity contribution >= 4 is 23.7 Å². The first-order valence-corrected chi connectivity index (χ1v) is 8.05. The van der Waals surface area contributed by atoms with Crippen molar-refractivity contribution in [3.05, 3.63) is 0 Å². The quantitative estimate of drug-likeness (QED) is 0.260. The van der Waals surface area contributed by atoms with E-state index in [1.54, 1.807) is 0 Å². The first kappa shape index (κ1) is 22.8. The fourth-order valence-corrected chi connectivity index (χ4v) is 1.79. The summed E-state index contributed by atoms with van der Waals surface area (Å²) in [6.07, 6.45) is -0.560. The Morgan fingerprint density at radius 3 is 2.04 bits per heavy atom. The van der Waals surface area contributed by atoms with Gasteiger partial charge in [0.15, 0.2) is 0 Å². The number of carboxylic acid groups (broad SMARTS) is 1. The van der Waals surface area contributed by atoms with Gasteiger partial charge in [-0.25, -0.2) is 0 Å². The van der Waals surface area contributed by atoms with Crippen molar-refractivity contribution in [1.82, 2.24) is 16.0 Å². The molecule has 0 spiro atoms. The average Bonchev–Trinajstić information content (AvgIpc) is 2.55. The van der Waals surface area contributed by atoms with Crippen molar-refractivity contribution in [1.29, 1.82) is 0 Å². The lowest BCUT2D eigenvalue weighted by Gasteiger charge is -2.22. The molecular weight excluding hydrogens is 332 g/mol. The Balaban J connectivity index is 4.63. The second kappa shape index (κ2) is 10.6. The van der Waals surface area contributed by atoms with Crippen LogP contribution in [-0.2, 0) is 19.2 Å². The number of carboxylic acids is 1. The summed E-state index contributed by atoms with van der Waals surface area (Å²) in [5.41, 5.74) is 5.73. The fraction of sp³-hybridized carbons (Fsp3) is 0.733. The molecule has 10 heteroatoms. The molecule has 10 nitrogen and oxygen atoms in total. The maximum atomic E-state index is 12.0. The number of aliphatic hydroxyl groups excluding tert-OH is 1. The average molecular weight is 360 g/mol. The van der Waals surface area contributed by atoms with Crippen LogP contribution in [0.5, 0.6) is 0 Å².